The molecular formula is C21H24N2O4S. The van der Waals surface area contributed by atoms with E-state index < -0.39 is 17.7 Å². The molecule has 0 saturated carbocycles. The lowest BCUT2D eigenvalue weighted by atomic mass is 9.97. The molecule has 1 aliphatic heterocycles. The molecule has 0 spiro atoms. The number of hydrogen-bond donors (Lipinski definition) is 1. The molecule has 0 aliphatic carbocycles. The number of aryl methyl sites for hydroxylation is 1. The molecule has 1 amide bonds. The molecule has 3 rings (SSSR count). The minimum atomic E-state index is -0.648. The van der Waals surface area contributed by atoms with Crippen molar-refractivity contribution in [3.8, 4) is 5.75 Å². The molecule has 0 radical (unpaired) electrons. The highest BCUT2D eigenvalue weighted by Gasteiger charge is 2.46. The highest BCUT2D eigenvalue weighted by molar-refractivity contribution is 7.10. The lowest BCUT2D eigenvalue weighted by Gasteiger charge is -2.25. The van der Waals surface area contributed by atoms with Gasteiger partial charge in [-0.25, -0.2) is 0 Å². The van der Waals surface area contributed by atoms with Crippen molar-refractivity contribution in [1.29, 1.82) is 0 Å². The zero-order chi connectivity index (χ0) is 20.4. The number of likely N-dealkylation sites (tertiary alicyclic amines) is 1. The van der Waals surface area contributed by atoms with Gasteiger partial charge in [-0.05, 0) is 56.2 Å². The van der Waals surface area contributed by atoms with E-state index in [0.717, 1.165) is 10.4 Å². The van der Waals surface area contributed by atoms with E-state index >= 15 is 0 Å². The van der Waals surface area contributed by atoms with E-state index in [1.54, 1.807) is 30.2 Å². The first-order valence-corrected chi connectivity index (χ1v) is 9.84. The van der Waals surface area contributed by atoms with Crippen molar-refractivity contribution in [1.82, 2.24) is 9.80 Å². The van der Waals surface area contributed by atoms with Gasteiger partial charge in [-0.15, -0.1) is 11.3 Å². The van der Waals surface area contributed by atoms with Crippen LogP contribution in [-0.2, 0) is 9.59 Å². The number of benzene rings is 1. The van der Waals surface area contributed by atoms with Crippen LogP contribution < -0.4 is 4.74 Å². The summed E-state index contributed by atoms with van der Waals surface area (Å²) in [6, 6.07) is 8.41. The third-order valence-corrected chi connectivity index (χ3v) is 5.75. The largest absolute Gasteiger partial charge is 0.507 e. The number of aliphatic hydroxyl groups excluding tert-OH is 1. The zero-order valence-corrected chi connectivity index (χ0v) is 17.2. The molecule has 1 fully saturated rings. The number of ether oxygens (including phenoxy) is 1. The van der Waals surface area contributed by atoms with Crippen LogP contribution in [0.3, 0.4) is 0 Å². The highest BCUT2D eigenvalue weighted by atomic mass is 32.1. The van der Waals surface area contributed by atoms with Crippen LogP contribution in [0.25, 0.3) is 5.76 Å². The third-order valence-electron chi connectivity index (χ3n) is 4.83. The van der Waals surface area contributed by atoms with Gasteiger partial charge in [0.05, 0.1) is 18.7 Å². The molecule has 148 valence electrons. The first-order chi connectivity index (χ1) is 13.3. The van der Waals surface area contributed by atoms with Gasteiger partial charge < -0.3 is 19.6 Å². The fourth-order valence-electron chi connectivity index (χ4n) is 3.33. The number of amides is 1. The van der Waals surface area contributed by atoms with E-state index in [4.69, 9.17) is 4.74 Å². The topological polar surface area (TPSA) is 70.1 Å². The SMILES string of the molecule is COc1ccc(/C(O)=C2\C(=O)C(=O)N(CCN(C)C)[C@@H]2c2cccs2)c(C)c1. The summed E-state index contributed by atoms with van der Waals surface area (Å²) >= 11 is 1.46. The first kappa shape index (κ1) is 20.1. The van der Waals surface area contributed by atoms with Crippen molar-refractivity contribution in [2.45, 2.75) is 13.0 Å². The molecule has 1 N–H and O–H groups in total. The second-order valence-corrected chi connectivity index (χ2v) is 7.97. The van der Waals surface area contributed by atoms with Gasteiger partial charge in [0.1, 0.15) is 11.5 Å². The van der Waals surface area contributed by atoms with Crippen LogP contribution in [0.1, 0.15) is 22.0 Å². The number of thiophene rings is 1. The fraction of sp³-hybridized carbons (Fsp3) is 0.333. The minimum Gasteiger partial charge on any atom is -0.507 e. The van der Waals surface area contributed by atoms with E-state index in [2.05, 4.69) is 0 Å². The Balaban J connectivity index is 2.12. The second kappa shape index (κ2) is 8.16. The predicted octanol–water partition coefficient (Wildman–Crippen LogP) is 3.05. The summed E-state index contributed by atoms with van der Waals surface area (Å²) in [5.74, 6) is -0.711. The minimum absolute atomic E-state index is 0.138. The van der Waals surface area contributed by atoms with Crippen molar-refractivity contribution < 1.29 is 19.4 Å². The van der Waals surface area contributed by atoms with E-state index in [1.807, 2.05) is 43.4 Å². The smallest absolute Gasteiger partial charge is 0.295 e. The van der Waals surface area contributed by atoms with Crippen LogP contribution >= 0.6 is 11.3 Å². The van der Waals surface area contributed by atoms with Crippen molar-refractivity contribution in [3.63, 3.8) is 0 Å². The Hall–Kier alpha value is -2.64. The summed E-state index contributed by atoms with van der Waals surface area (Å²) in [5.41, 5.74) is 1.42. The van der Waals surface area contributed by atoms with Crippen LogP contribution in [0.4, 0.5) is 0 Å². The number of rotatable bonds is 6. The number of ketones is 1. The van der Waals surface area contributed by atoms with Crippen molar-refractivity contribution in [2.75, 3.05) is 34.3 Å². The third kappa shape index (κ3) is 3.68. The Labute approximate surface area is 168 Å². The Morgan fingerprint density at radius 1 is 1.29 bits per heavy atom. The van der Waals surface area contributed by atoms with E-state index in [-0.39, 0.29) is 11.3 Å². The lowest BCUT2D eigenvalue weighted by molar-refractivity contribution is -0.140. The molecule has 1 saturated heterocycles. The summed E-state index contributed by atoms with van der Waals surface area (Å²) in [5, 5.41) is 13.0. The molecule has 0 unspecified atom stereocenters. The number of aliphatic hydroxyl groups is 1. The molecule has 2 heterocycles. The fourth-order valence-corrected chi connectivity index (χ4v) is 4.18. The van der Waals surface area contributed by atoms with Crippen LogP contribution in [0.5, 0.6) is 5.75 Å². The van der Waals surface area contributed by atoms with Crippen molar-refractivity contribution in [3.05, 3.63) is 57.3 Å². The van der Waals surface area contributed by atoms with Gasteiger partial charge in [0.15, 0.2) is 0 Å². The number of Topliss-reactive ketones (excluding diaryl/α,β-unsaturated/α-hetero) is 1. The highest BCUT2D eigenvalue weighted by Crippen LogP contribution is 2.41. The van der Waals surface area contributed by atoms with Gasteiger partial charge in [0.2, 0.25) is 0 Å². The van der Waals surface area contributed by atoms with Gasteiger partial charge in [0, 0.05) is 23.5 Å². The summed E-state index contributed by atoms with van der Waals surface area (Å²) < 4.78 is 5.21. The molecule has 1 aliphatic rings. The second-order valence-electron chi connectivity index (χ2n) is 6.99. The number of hydrogen-bond acceptors (Lipinski definition) is 6. The average molecular weight is 401 g/mol. The van der Waals surface area contributed by atoms with Crippen LogP contribution in [0.2, 0.25) is 0 Å². The Morgan fingerprint density at radius 2 is 2.04 bits per heavy atom. The maximum atomic E-state index is 12.9. The number of carbonyl (C=O) groups excluding carboxylic acids is 2. The van der Waals surface area contributed by atoms with E-state index in [9.17, 15) is 14.7 Å². The van der Waals surface area contributed by atoms with E-state index in [1.165, 1.54) is 11.3 Å². The van der Waals surface area contributed by atoms with Gasteiger partial charge in [-0.1, -0.05) is 6.07 Å². The first-order valence-electron chi connectivity index (χ1n) is 8.96. The van der Waals surface area contributed by atoms with Gasteiger partial charge >= 0.3 is 0 Å². The van der Waals surface area contributed by atoms with Crippen molar-refractivity contribution in [2.24, 2.45) is 0 Å². The number of methoxy groups -OCH3 is 1. The van der Waals surface area contributed by atoms with Crippen molar-refractivity contribution >= 4 is 28.8 Å². The Kier molecular flexibility index (Phi) is 5.86. The molecule has 1 atom stereocenters. The molecule has 1 aromatic heterocycles. The van der Waals surface area contributed by atoms with E-state index in [0.29, 0.717) is 24.4 Å². The van der Waals surface area contributed by atoms with Crippen LogP contribution in [0.15, 0.2) is 41.3 Å². The Morgan fingerprint density at radius 3 is 2.61 bits per heavy atom. The lowest BCUT2D eigenvalue weighted by Crippen LogP contribution is -2.35. The normalized spacial score (nSPS) is 18.9. The number of likely N-dealkylation sites (N-methyl/N-ethyl adjacent to an activating group) is 1. The quantitative estimate of drug-likeness (QED) is 0.459. The van der Waals surface area contributed by atoms with Gasteiger partial charge in [-0.3, -0.25) is 9.59 Å². The molecule has 28 heavy (non-hydrogen) atoms. The number of carbonyl (C=O) groups is 2. The Bertz CT molecular complexity index is 918. The zero-order valence-electron chi connectivity index (χ0n) is 16.4. The standard InChI is InChI=1S/C21H24N2O4S/c1-13-12-14(27-4)7-8-15(13)19(24)17-18(16-6-5-11-28-16)23(10-9-22(2)3)21(26)20(17)25/h5-8,11-12,18,24H,9-10H2,1-4H3/b19-17+/t18-/m1/s1. The summed E-state index contributed by atoms with van der Waals surface area (Å²) in [6.07, 6.45) is 0. The molecule has 0 bridgehead atoms. The van der Waals surface area contributed by atoms with Crippen LogP contribution in [0, 0.1) is 6.92 Å². The van der Waals surface area contributed by atoms with Gasteiger partial charge in [-0.2, -0.15) is 0 Å². The monoisotopic (exact) mass is 400 g/mol. The maximum absolute atomic E-state index is 12.9. The summed E-state index contributed by atoms with van der Waals surface area (Å²) in [7, 11) is 5.40. The predicted molar refractivity (Wildman–Crippen MR) is 110 cm³/mol. The number of nitrogens with zero attached hydrogens (tertiary/aromatic N) is 2. The van der Waals surface area contributed by atoms with Crippen LogP contribution in [-0.4, -0.2) is 60.9 Å². The summed E-state index contributed by atoms with van der Waals surface area (Å²) in [4.78, 5) is 30.0. The average Bonchev–Trinajstić information content (AvgIpc) is 3.27. The molecular weight excluding hydrogens is 376 g/mol. The molecule has 1 aromatic carbocycles. The molecule has 2 aromatic rings. The molecule has 6 nitrogen and oxygen atoms in total. The maximum Gasteiger partial charge on any atom is 0.295 e. The molecule has 7 heteroatoms. The summed E-state index contributed by atoms with van der Waals surface area (Å²) in [6.45, 7) is 2.86. The van der Waals surface area contributed by atoms with Gasteiger partial charge in [0.25, 0.3) is 11.7 Å².